The van der Waals surface area contributed by atoms with Gasteiger partial charge in [-0.2, -0.15) is 4.31 Å². The van der Waals surface area contributed by atoms with E-state index >= 15 is 0 Å². The number of nitrogens with zero attached hydrogens (tertiary/aromatic N) is 2. The lowest BCUT2D eigenvalue weighted by Crippen LogP contribution is -2.52. The van der Waals surface area contributed by atoms with Gasteiger partial charge in [0.15, 0.2) is 6.10 Å². The van der Waals surface area contributed by atoms with Crippen molar-refractivity contribution in [3.63, 3.8) is 0 Å². The van der Waals surface area contributed by atoms with Crippen LogP contribution in [0.3, 0.4) is 0 Å². The molecule has 9 nitrogen and oxygen atoms in total. The maximum absolute atomic E-state index is 13.3. The first-order valence-electron chi connectivity index (χ1n) is 11.8. The van der Waals surface area contributed by atoms with E-state index in [1.807, 2.05) is 30.3 Å². The number of benzene rings is 3. The molecule has 1 aliphatic rings. The Morgan fingerprint density at radius 1 is 1.03 bits per heavy atom. The molecule has 1 N–H and O–H groups in total. The largest absolute Gasteiger partial charge is 0.497 e. The molecule has 0 bridgehead atoms. The summed E-state index contributed by atoms with van der Waals surface area (Å²) in [4.78, 5) is 27.7. The van der Waals surface area contributed by atoms with E-state index in [-0.39, 0.29) is 17.3 Å². The average Bonchev–Trinajstić information content (AvgIpc) is 2.92. The smallest absolute Gasteiger partial charge is 0.262 e. The third-order valence-electron chi connectivity index (χ3n) is 6.05. The van der Waals surface area contributed by atoms with Crippen LogP contribution in [-0.4, -0.2) is 64.4 Å². The van der Waals surface area contributed by atoms with Crippen LogP contribution in [0.4, 0.5) is 5.69 Å². The van der Waals surface area contributed by atoms with Crippen LogP contribution in [0.25, 0.3) is 0 Å². The zero-order chi connectivity index (χ0) is 26.4. The molecule has 3 aromatic rings. The van der Waals surface area contributed by atoms with E-state index < -0.39 is 28.6 Å². The summed E-state index contributed by atoms with van der Waals surface area (Å²) in [7, 11) is -1.09. The summed E-state index contributed by atoms with van der Waals surface area (Å²) in [5.74, 6) is 0.0847. The van der Waals surface area contributed by atoms with E-state index in [2.05, 4.69) is 5.32 Å². The van der Waals surface area contributed by atoms with Gasteiger partial charge in [-0.3, -0.25) is 9.59 Å². The highest BCUT2D eigenvalue weighted by Gasteiger charge is 2.35. The monoisotopic (exact) mass is 523 g/mol. The molecule has 2 amide bonds. The topological polar surface area (TPSA) is 105 Å². The maximum atomic E-state index is 13.3. The lowest BCUT2D eigenvalue weighted by atomic mass is 10.1. The normalized spacial score (nSPS) is 15.0. The molecule has 0 aromatic heterocycles. The van der Waals surface area contributed by atoms with Gasteiger partial charge in [-0.1, -0.05) is 42.5 Å². The molecule has 4 rings (SSSR count). The van der Waals surface area contributed by atoms with E-state index in [0.29, 0.717) is 30.2 Å². The van der Waals surface area contributed by atoms with Crippen LogP contribution in [0, 0.1) is 0 Å². The van der Waals surface area contributed by atoms with Crippen LogP contribution in [0.15, 0.2) is 83.8 Å². The van der Waals surface area contributed by atoms with Gasteiger partial charge in [0.25, 0.3) is 5.91 Å². The van der Waals surface area contributed by atoms with Crippen molar-refractivity contribution >= 4 is 27.5 Å². The number of carbonyl (C=O) groups is 2. The van der Waals surface area contributed by atoms with Crippen molar-refractivity contribution in [3.05, 3.63) is 84.4 Å². The highest BCUT2D eigenvalue weighted by Crippen LogP contribution is 2.33. The predicted octanol–water partition coefficient (Wildman–Crippen LogP) is 2.47. The zero-order valence-corrected chi connectivity index (χ0v) is 21.5. The minimum absolute atomic E-state index is 0.0383. The highest BCUT2D eigenvalue weighted by molar-refractivity contribution is 7.89. The molecule has 0 unspecified atom stereocenters. The van der Waals surface area contributed by atoms with Gasteiger partial charge in [0.2, 0.25) is 15.9 Å². The number of fused-ring (bicyclic) bond motifs is 1. The quantitative estimate of drug-likeness (QED) is 0.462. The summed E-state index contributed by atoms with van der Waals surface area (Å²) >= 11 is 0. The predicted molar refractivity (Wildman–Crippen MR) is 139 cm³/mol. The number of carbonyl (C=O) groups excluding carboxylic acids is 2. The lowest BCUT2D eigenvalue weighted by molar-refractivity contribution is -0.128. The van der Waals surface area contributed by atoms with E-state index in [1.54, 1.807) is 36.4 Å². The molecular weight excluding hydrogens is 494 g/mol. The zero-order valence-electron chi connectivity index (χ0n) is 20.7. The van der Waals surface area contributed by atoms with Crippen LogP contribution in [-0.2, 0) is 26.0 Å². The number of anilines is 1. The van der Waals surface area contributed by atoms with Crippen molar-refractivity contribution in [2.75, 3.05) is 38.7 Å². The number of sulfonamides is 1. The van der Waals surface area contributed by atoms with E-state index in [1.165, 1.54) is 31.2 Å². The van der Waals surface area contributed by atoms with Crippen molar-refractivity contribution in [1.29, 1.82) is 0 Å². The van der Waals surface area contributed by atoms with Crippen molar-refractivity contribution in [2.24, 2.45) is 0 Å². The Labute approximate surface area is 216 Å². The second-order valence-corrected chi connectivity index (χ2v) is 10.6. The van der Waals surface area contributed by atoms with Crippen molar-refractivity contribution in [3.8, 4) is 11.5 Å². The molecule has 3 aromatic carbocycles. The van der Waals surface area contributed by atoms with Crippen LogP contribution in [0.5, 0.6) is 11.5 Å². The van der Waals surface area contributed by atoms with Gasteiger partial charge in [-0.25, -0.2) is 8.42 Å². The molecular formula is C27H29N3O6S. The Bertz CT molecular complexity index is 1350. The number of amides is 2. The van der Waals surface area contributed by atoms with Gasteiger partial charge >= 0.3 is 0 Å². The second-order valence-electron chi connectivity index (χ2n) is 8.54. The fourth-order valence-electron chi connectivity index (χ4n) is 3.98. The Hall–Kier alpha value is -3.89. The molecule has 10 heteroatoms. The first-order valence-corrected chi connectivity index (χ1v) is 13.2. The number of para-hydroxylation sites is 2. The number of methoxy groups -OCH3 is 1. The third kappa shape index (κ3) is 6.10. The molecule has 0 fully saturated rings. The third-order valence-corrected chi connectivity index (χ3v) is 7.87. The minimum Gasteiger partial charge on any atom is -0.497 e. The fourth-order valence-corrected chi connectivity index (χ4v) is 5.10. The molecule has 0 radical (unpaired) electrons. The van der Waals surface area contributed by atoms with E-state index in [9.17, 15) is 18.0 Å². The summed E-state index contributed by atoms with van der Waals surface area (Å²) in [6, 6.07) is 22.6. The van der Waals surface area contributed by atoms with Gasteiger partial charge in [-0.15, -0.1) is 0 Å². The molecule has 1 atom stereocenters. The molecule has 0 saturated heterocycles. The number of likely N-dealkylation sites (N-methyl/N-ethyl adjacent to an activating group) is 1. The molecule has 37 heavy (non-hydrogen) atoms. The van der Waals surface area contributed by atoms with Crippen LogP contribution >= 0.6 is 0 Å². The van der Waals surface area contributed by atoms with Gasteiger partial charge in [0, 0.05) is 13.6 Å². The van der Waals surface area contributed by atoms with Crippen molar-refractivity contribution < 1.29 is 27.5 Å². The molecule has 0 saturated carbocycles. The summed E-state index contributed by atoms with van der Waals surface area (Å²) in [6.07, 6.45) is -0.273. The van der Waals surface area contributed by atoms with Gasteiger partial charge in [0.05, 0.1) is 30.8 Å². The molecule has 1 aliphatic heterocycles. The first kappa shape index (κ1) is 26.2. The van der Waals surface area contributed by atoms with E-state index in [4.69, 9.17) is 9.47 Å². The number of hydrogen-bond donors (Lipinski definition) is 1. The van der Waals surface area contributed by atoms with Crippen molar-refractivity contribution in [2.45, 2.75) is 17.4 Å². The standard InChI is InChI=1S/C27H29N3O6S/c1-29(37(33,34)22-14-12-21(35-2)13-15-22)19-26(31)30-18-25(36-24-11-7-6-10-23(24)30)27(32)28-17-16-20-8-4-3-5-9-20/h3-15,25H,16-19H2,1-2H3,(H,28,32)/t25-/m1/s1. The number of rotatable bonds is 9. The van der Waals surface area contributed by atoms with Crippen molar-refractivity contribution in [1.82, 2.24) is 9.62 Å². The SMILES string of the molecule is COc1ccc(S(=O)(=O)N(C)CC(=O)N2C[C@H](C(=O)NCCc3ccccc3)Oc3ccccc32)cc1. The average molecular weight is 524 g/mol. The Kier molecular flexibility index (Phi) is 8.10. The number of nitrogens with one attached hydrogen (secondary N) is 1. The Morgan fingerprint density at radius 2 is 1.70 bits per heavy atom. The van der Waals surface area contributed by atoms with Crippen LogP contribution < -0.4 is 19.7 Å². The lowest BCUT2D eigenvalue weighted by Gasteiger charge is -2.35. The van der Waals surface area contributed by atoms with Gasteiger partial charge in [-0.05, 0) is 48.4 Å². The molecule has 0 aliphatic carbocycles. The van der Waals surface area contributed by atoms with Gasteiger partial charge < -0.3 is 19.7 Å². The Balaban J connectivity index is 1.45. The fraction of sp³-hybridized carbons (Fsp3) is 0.259. The summed E-state index contributed by atoms with van der Waals surface area (Å²) in [6.45, 7) is -0.0321. The Morgan fingerprint density at radius 3 is 2.41 bits per heavy atom. The first-order chi connectivity index (χ1) is 17.8. The number of ether oxygens (including phenoxy) is 2. The van der Waals surface area contributed by atoms with Crippen LogP contribution in [0.2, 0.25) is 0 Å². The van der Waals surface area contributed by atoms with E-state index in [0.717, 1.165) is 9.87 Å². The van der Waals surface area contributed by atoms with Crippen LogP contribution in [0.1, 0.15) is 5.56 Å². The summed E-state index contributed by atoms with van der Waals surface area (Å²) < 4.78 is 38.0. The highest BCUT2D eigenvalue weighted by atomic mass is 32.2. The maximum Gasteiger partial charge on any atom is 0.262 e. The second kappa shape index (κ2) is 11.4. The summed E-state index contributed by atoms with van der Waals surface area (Å²) in [5.41, 5.74) is 1.58. The molecule has 1 heterocycles. The molecule has 194 valence electrons. The number of hydrogen-bond acceptors (Lipinski definition) is 6. The molecule has 0 spiro atoms. The minimum atomic E-state index is -3.92. The summed E-state index contributed by atoms with van der Waals surface area (Å²) in [5, 5.41) is 2.87. The van der Waals surface area contributed by atoms with Gasteiger partial charge in [0.1, 0.15) is 11.5 Å².